The molecule has 1 atom stereocenters. The standard InChI is InChI=1S/C16H18N2OS/c19-16(17-11-14-7-4-10-20-14)18-15(13-8-9-13)12-5-2-1-3-6-12/h1-7,10,13,15H,8-9,11H2,(H2,17,18,19). The molecule has 0 saturated heterocycles. The van der Waals surface area contributed by atoms with Gasteiger partial charge in [0, 0.05) is 4.88 Å². The van der Waals surface area contributed by atoms with E-state index in [0.29, 0.717) is 12.5 Å². The normalized spacial score (nSPS) is 15.6. The van der Waals surface area contributed by atoms with Crippen molar-refractivity contribution in [2.75, 3.05) is 0 Å². The Labute approximate surface area is 123 Å². The molecule has 2 aromatic rings. The molecular weight excluding hydrogens is 268 g/mol. The fraction of sp³-hybridized carbons (Fsp3) is 0.312. The van der Waals surface area contributed by atoms with Crippen LogP contribution in [0.5, 0.6) is 0 Å². The highest BCUT2D eigenvalue weighted by atomic mass is 32.1. The number of benzene rings is 1. The Balaban J connectivity index is 1.58. The molecule has 1 unspecified atom stereocenters. The van der Waals surface area contributed by atoms with Gasteiger partial charge in [0.2, 0.25) is 0 Å². The first-order valence-electron chi connectivity index (χ1n) is 6.94. The first-order valence-corrected chi connectivity index (χ1v) is 7.82. The fourth-order valence-corrected chi connectivity index (χ4v) is 2.98. The van der Waals surface area contributed by atoms with Crippen LogP contribution in [-0.2, 0) is 6.54 Å². The summed E-state index contributed by atoms with van der Waals surface area (Å²) in [7, 11) is 0. The molecule has 1 saturated carbocycles. The third-order valence-electron chi connectivity index (χ3n) is 3.54. The molecule has 1 heterocycles. The number of amides is 2. The summed E-state index contributed by atoms with van der Waals surface area (Å²) >= 11 is 1.66. The van der Waals surface area contributed by atoms with Crippen LogP contribution in [0.15, 0.2) is 47.8 Å². The zero-order chi connectivity index (χ0) is 13.8. The minimum Gasteiger partial charge on any atom is -0.333 e. The Morgan fingerprint density at radius 2 is 2.00 bits per heavy atom. The zero-order valence-corrected chi connectivity index (χ0v) is 12.0. The van der Waals surface area contributed by atoms with Gasteiger partial charge in [0.1, 0.15) is 0 Å². The minimum absolute atomic E-state index is 0.0841. The third-order valence-corrected chi connectivity index (χ3v) is 4.42. The third kappa shape index (κ3) is 3.39. The molecule has 3 rings (SSSR count). The van der Waals surface area contributed by atoms with Crippen molar-refractivity contribution in [3.8, 4) is 0 Å². The molecule has 0 spiro atoms. The Morgan fingerprint density at radius 1 is 1.20 bits per heavy atom. The number of carbonyl (C=O) groups is 1. The van der Waals surface area contributed by atoms with E-state index in [4.69, 9.17) is 0 Å². The molecule has 1 aliphatic carbocycles. The molecular formula is C16H18N2OS. The molecule has 0 radical (unpaired) electrons. The van der Waals surface area contributed by atoms with Crippen molar-refractivity contribution < 1.29 is 4.79 Å². The van der Waals surface area contributed by atoms with Crippen LogP contribution in [0, 0.1) is 5.92 Å². The van der Waals surface area contributed by atoms with Gasteiger partial charge in [-0.05, 0) is 35.8 Å². The summed E-state index contributed by atoms with van der Waals surface area (Å²) in [6, 6.07) is 14.3. The van der Waals surface area contributed by atoms with Gasteiger partial charge < -0.3 is 10.6 Å². The van der Waals surface area contributed by atoms with E-state index in [1.165, 1.54) is 23.3 Å². The average molecular weight is 286 g/mol. The Bertz CT molecular complexity index is 549. The predicted octanol–water partition coefficient (Wildman–Crippen LogP) is 3.70. The minimum atomic E-state index is -0.0841. The van der Waals surface area contributed by atoms with Gasteiger partial charge in [0.25, 0.3) is 0 Å². The van der Waals surface area contributed by atoms with Gasteiger partial charge in [-0.25, -0.2) is 4.79 Å². The molecule has 1 aliphatic rings. The van der Waals surface area contributed by atoms with Gasteiger partial charge in [0.05, 0.1) is 12.6 Å². The maximum atomic E-state index is 12.0. The summed E-state index contributed by atoms with van der Waals surface area (Å²) < 4.78 is 0. The topological polar surface area (TPSA) is 41.1 Å². The smallest absolute Gasteiger partial charge is 0.315 e. The van der Waals surface area contributed by atoms with Gasteiger partial charge in [0.15, 0.2) is 0 Å². The van der Waals surface area contributed by atoms with E-state index in [9.17, 15) is 4.79 Å². The number of nitrogens with one attached hydrogen (secondary N) is 2. The van der Waals surface area contributed by atoms with E-state index in [-0.39, 0.29) is 12.1 Å². The first kappa shape index (κ1) is 13.2. The van der Waals surface area contributed by atoms with E-state index in [2.05, 4.69) is 22.8 Å². The van der Waals surface area contributed by atoms with E-state index in [1.807, 2.05) is 35.7 Å². The molecule has 104 valence electrons. The van der Waals surface area contributed by atoms with Crippen molar-refractivity contribution in [3.05, 3.63) is 58.3 Å². The van der Waals surface area contributed by atoms with Crippen LogP contribution in [0.2, 0.25) is 0 Å². The maximum absolute atomic E-state index is 12.0. The monoisotopic (exact) mass is 286 g/mol. The summed E-state index contributed by atoms with van der Waals surface area (Å²) in [5.74, 6) is 0.588. The second kappa shape index (κ2) is 6.09. The molecule has 4 heteroatoms. The van der Waals surface area contributed by atoms with Crippen molar-refractivity contribution in [2.24, 2.45) is 5.92 Å². The number of carbonyl (C=O) groups excluding carboxylic acids is 1. The number of thiophene rings is 1. The molecule has 1 aromatic carbocycles. The Hall–Kier alpha value is -1.81. The van der Waals surface area contributed by atoms with Crippen LogP contribution >= 0.6 is 11.3 Å². The predicted molar refractivity (Wildman–Crippen MR) is 81.6 cm³/mol. The average Bonchev–Trinajstić information content (AvgIpc) is 3.19. The highest BCUT2D eigenvalue weighted by Gasteiger charge is 2.33. The number of hydrogen-bond acceptors (Lipinski definition) is 2. The van der Waals surface area contributed by atoms with Crippen molar-refractivity contribution in [1.82, 2.24) is 10.6 Å². The summed E-state index contributed by atoms with van der Waals surface area (Å²) in [5, 5.41) is 8.06. The van der Waals surface area contributed by atoms with Crippen molar-refractivity contribution in [3.63, 3.8) is 0 Å². The van der Waals surface area contributed by atoms with Gasteiger partial charge in [-0.15, -0.1) is 11.3 Å². The molecule has 1 aromatic heterocycles. The van der Waals surface area contributed by atoms with Crippen LogP contribution in [-0.4, -0.2) is 6.03 Å². The van der Waals surface area contributed by atoms with E-state index in [0.717, 1.165) is 0 Å². The summed E-state index contributed by atoms with van der Waals surface area (Å²) in [5.41, 5.74) is 1.20. The maximum Gasteiger partial charge on any atom is 0.315 e. The molecule has 0 aliphatic heterocycles. The Morgan fingerprint density at radius 3 is 2.65 bits per heavy atom. The van der Waals surface area contributed by atoms with Crippen LogP contribution in [0.4, 0.5) is 4.79 Å². The zero-order valence-electron chi connectivity index (χ0n) is 11.2. The number of urea groups is 1. The first-order chi connectivity index (χ1) is 9.83. The van der Waals surface area contributed by atoms with Crippen molar-refractivity contribution in [2.45, 2.75) is 25.4 Å². The van der Waals surface area contributed by atoms with Crippen molar-refractivity contribution in [1.29, 1.82) is 0 Å². The highest BCUT2D eigenvalue weighted by molar-refractivity contribution is 7.09. The largest absolute Gasteiger partial charge is 0.333 e. The van der Waals surface area contributed by atoms with E-state index >= 15 is 0 Å². The second-order valence-electron chi connectivity index (χ2n) is 5.13. The van der Waals surface area contributed by atoms with Crippen LogP contribution in [0.1, 0.15) is 29.3 Å². The lowest BCUT2D eigenvalue weighted by Crippen LogP contribution is -2.38. The van der Waals surface area contributed by atoms with E-state index in [1.54, 1.807) is 11.3 Å². The quantitative estimate of drug-likeness (QED) is 0.864. The lowest BCUT2D eigenvalue weighted by atomic mass is 10.0. The van der Waals surface area contributed by atoms with Gasteiger partial charge >= 0.3 is 6.03 Å². The van der Waals surface area contributed by atoms with E-state index < -0.39 is 0 Å². The lowest BCUT2D eigenvalue weighted by molar-refractivity contribution is 0.235. The van der Waals surface area contributed by atoms with Crippen LogP contribution < -0.4 is 10.6 Å². The molecule has 3 nitrogen and oxygen atoms in total. The molecule has 1 fully saturated rings. The second-order valence-corrected chi connectivity index (χ2v) is 6.16. The highest BCUT2D eigenvalue weighted by Crippen LogP contribution is 2.40. The lowest BCUT2D eigenvalue weighted by Gasteiger charge is -2.19. The number of hydrogen-bond donors (Lipinski definition) is 2. The fourth-order valence-electron chi connectivity index (χ4n) is 2.34. The van der Waals surface area contributed by atoms with Crippen LogP contribution in [0.3, 0.4) is 0 Å². The molecule has 20 heavy (non-hydrogen) atoms. The summed E-state index contributed by atoms with van der Waals surface area (Å²) in [6.45, 7) is 0.593. The van der Waals surface area contributed by atoms with Gasteiger partial charge in [-0.1, -0.05) is 36.4 Å². The van der Waals surface area contributed by atoms with Gasteiger partial charge in [-0.2, -0.15) is 0 Å². The van der Waals surface area contributed by atoms with Crippen molar-refractivity contribution >= 4 is 17.4 Å². The molecule has 2 N–H and O–H groups in total. The molecule has 0 bridgehead atoms. The number of rotatable bonds is 5. The SMILES string of the molecule is O=C(NCc1cccs1)NC(c1ccccc1)C1CC1. The van der Waals surface area contributed by atoms with Crippen LogP contribution in [0.25, 0.3) is 0 Å². The molecule has 2 amide bonds. The summed E-state index contributed by atoms with van der Waals surface area (Å²) in [6.07, 6.45) is 2.40. The van der Waals surface area contributed by atoms with Gasteiger partial charge in [-0.3, -0.25) is 0 Å². The Kier molecular flexibility index (Phi) is 4.02. The summed E-state index contributed by atoms with van der Waals surface area (Å²) in [4.78, 5) is 13.2.